The molecular formula is C13H8F5N3O2. The summed E-state index contributed by atoms with van der Waals surface area (Å²) in [7, 11) is 1.01. The van der Waals surface area contributed by atoms with Crippen LogP contribution in [-0.4, -0.2) is 23.0 Å². The summed E-state index contributed by atoms with van der Waals surface area (Å²) in [5.74, 6) is -5.03. The Morgan fingerprint density at radius 1 is 1.26 bits per heavy atom. The number of carbonyl (C=O) groups is 1. The molecule has 0 saturated heterocycles. The standard InChI is InChI=1S/C13H8F5N3O2/c1-23-11-7(5-19-12(21-11)13(16,17)18)10(22)20-9-3-2-6(14)4-8(9)15/h2-5H,1H3,(H,20,22). The minimum Gasteiger partial charge on any atom is -0.480 e. The molecule has 10 heteroatoms. The second kappa shape index (κ2) is 6.15. The lowest BCUT2D eigenvalue weighted by Gasteiger charge is -2.11. The van der Waals surface area contributed by atoms with Gasteiger partial charge in [0.05, 0.1) is 12.8 Å². The Morgan fingerprint density at radius 2 is 1.96 bits per heavy atom. The first-order valence-electron chi connectivity index (χ1n) is 5.97. The predicted molar refractivity (Wildman–Crippen MR) is 67.9 cm³/mol. The largest absolute Gasteiger partial charge is 0.480 e. The van der Waals surface area contributed by atoms with Crippen molar-refractivity contribution in [2.45, 2.75) is 6.18 Å². The van der Waals surface area contributed by atoms with Gasteiger partial charge in [-0.05, 0) is 12.1 Å². The molecule has 1 aromatic carbocycles. The predicted octanol–water partition coefficient (Wildman–Crippen LogP) is 3.03. The van der Waals surface area contributed by atoms with Crippen LogP contribution in [0, 0.1) is 11.6 Å². The number of rotatable bonds is 3. The minimum absolute atomic E-state index is 0.363. The van der Waals surface area contributed by atoms with Crippen molar-refractivity contribution in [1.29, 1.82) is 0 Å². The molecule has 1 amide bonds. The molecule has 0 aliphatic carbocycles. The Morgan fingerprint density at radius 3 is 2.52 bits per heavy atom. The number of hydrogen-bond acceptors (Lipinski definition) is 4. The average Bonchev–Trinajstić information content (AvgIpc) is 2.48. The van der Waals surface area contributed by atoms with Crippen LogP contribution in [0.1, 0.15) is 16.2 Å². The van der Waals surface area contributed by atoms with Gasteiger partial charge in [0.1, 0.15) is 17.2 Å². The molecule has 23 heavy (non-hydrogen) atoms. The fraction of sp³-hybridized carbons (Fsp3) is 0.154. The monoisotopic (exact) mass is 333 g/mol. The van der Waals surface area contributed by atoms with E-state index in [-0.39, 0.29) is 5.69 Å². The number of alkyl halides is 3. The van der Waals surface area contributed by atoms with Gasteiger partial charge in [0.2, 0.25) is 11.7 Å². The van der Waals surface area contributed by atoms with Crippen LogP contribution < -0.4 is 10.1 Å². The van der Waals surface area contributed by atoms with Gasteiger partial charge in [-0.1, -0.05) is 0 Å². The van der Waals surface area contributed by atoms with Crippen LogP contribution in [0.5, 0.6) is 5.88 Å². The molecule has 5 nitrogen and oxygen atoms in total. The maximum atomic E-state index is 13.5. The third kappa shape index (κ3) is 3.71. The number of anilines is 1. The Balaban J connectivity index is 2.32. The minimum atomic E-state index is -4.81. The molecule has 0 fully saturated rings. The molecule has 0 atom stereocenters. The van der Waals surface area contributed by atoms with Crippen molar-refractivity contribution >= 4 is 11.6 Å². The maximum Gasteiger partial charge on any atom is 0.451 e. The topological polar surface area (TPSA) is 64.1 Å². The highest BCUT2D eigenvalue weighted by Crippen LogP contribution is 2.28. The zero-order valence-electron chi connectivity index (χ0n) is 11.4. The molecule has 0 saturated carbocycles. The molecule has 1 aromatic heterocycles. The van der Waals surface area contributed by atoms with E-state index in [1.807, 2.05) is 0 Å². The number of hydrogen-bond donors (Lipinski definition) is 1. The highest BCUT2D eigenvalue weighted by Gasteiger charge is 2.36. The van der Waals surface area contributed by atoms with Crippen LogP contribution in [0.4, 0.5) is 27.6 Å². The van der Waals surface area contributed by atoms with Gasteiger partial charge in [0.25, 0.3) is 5.91 Å². The quantitative estimate of drug-likeness (QED) is 0.877. The Labute approximate surface area is 126 Å². The van der Waals surface area contributed by atoms with Gasteiger partial charge in [-0.15, -0.1) is 0 Å². The van der Waals surface area contributed by atoms with Gasteiger partial charge in [-0.25, -0.2) is 13.8 Å². The lowest BCUT2D eigenvalue weighted by Crippen LogP contribution is -2.18. The van der Waals surface area contributed by atoms with E-state index < -0.39 is 41.0 Å². The summed E-state index contributed by atoms with van der Waals surface area (Å²) in [6.45, 7) is 0. The van der Waals surface area contributed by atoms with Crippen LogP contribution in [0.2, 0.25) is 0 Å². The number of nitrogens with one attached hydrogen (secondary N) is 1. The van der Waals surface area contributed by atoms with Gasteiger partial charge in [0.15, 0.2) is 0 Å². The molecular weight excluding hydrogens is 325 g/mol. The van der Waals surface area contributed by atoms with Crippen molar-refractivity contribution in [3.63, 3.8) is 0 Å². The van der Waals surface area contributed by atoms with Crippen LogP contribution in [-0.2, 0) is 6.18 Å². The van der Waals surface area contributed by atoms with Crippen LogP contribution in [0.3, 0.4) is 0 Å². The number of methoxy groups -OCH3 is 1. The summed E-state index contributed by atoms with van der Waals surface area (Å²) in [4.78, 5) is 18.1. The summed E-state index contributed by atoms with van der Waals surface area (Å²) in [5.41, 5.74) is -0.803. The molecule has 0 aliphatic rings. The number of carbonyl (C=O) groups excluding carboxylic acids is 1. The molecule has 2 rings (SSSR count). The molecule has 122 valence electrons. The van der Waals surface area contributed by atoms with Crippen molar-refractivity contribution in [3.05, 3.63) is 47.4 Å². The van der Waals surface area contributed by atoms with E-state index in [0.29, 0.717) is 12.3 Å². The molecule has 0 spiro atoms. The smallest absolute Gasteiger partial charge is 0.451 e. The number of benzene rings is 1. The van der Waals surface area contributed by atoms with E-state index in [2.05, 4.69) is 20.0 Å². The number of amides is 1. The third-order valence-corrected chi connectivity index (χ3v) is 2.62. The first-order chi connectivity index (χ1) is 10.7. The Hall–Kier alpha value is -2.78. The van der Waals surface area contributed by atoms with Crippen LogP contribution >= 0.6 is 0 Å². The summed E-state index contributed by atoms with van der Waals surface area (Å²) >= 11 is 0. The van der Waals surface area contributed by atoms with Gasteiger partial charge < -0.3 is 10.1 Å². The Bertz CT molecular complexity index is 749. The Kier molecular flexibility index (Phi) is 4.43. The number of aromatic nitrogens is 2. The van der Waals surface area contributed by atoms with Gasteiger partial charge >= 0.3 is 6.18 Å². The summed E-state index contributed by atoms with van der Waals surface area (Å²) < 4.78 is 68.4. The second-order valence-corrected chi connectivity index (χ2v) is 4.19. The zero-order valence-corrected chi connectivity index (χ0v) is 11.4. The van der Waals surface area contributed by atoms with Crippen molar-refractivity contribution in [2.24, 2.45) is 0 Å². The lowest BCUT2D eigenvalue weighted by molar-refractivity contribution is -0.145. The van der Waals surface area contributed by atoms with E-state index in [0.717, 1.165) is 19.2 Å². The maximum absolute atomic E-state index is 13.5. The van der Waals surface area contributed by atoms with Crippen molar-refractivity contribution in [3.8, 4) is 5.88 Å². The normalized spacial score (nSPS) is 11.2. The molecule has 1 heterocycles. The van der Waals surface area contributed by atoms with Crippen molar-refractivity contribution < 1.29 is 31.5 Å². The van der Waals surface area contributed by atoms with Crippen molar-refractivity contribution in [2.75, 3.05) is 12.4 Å². The van der Waals surface area contributed by atoms with E-state index >= 15 is 0 Å². The SMILES string of the molecule is COc1nc(C(F)(F)F)ncc1C(=O)Nc1ccc(F)cc1F. The highest BCUT2D eigenvalue weighted by atomic mass is 19.4. The summed E-state index contributed by atoms with van der Waals surface area (Å²) in [6.07, 6.45) is -4.21. The molecule has 2 aromatic rings. The van der Waals surface area contributed by atoms with Gasteiger partial charge in [-0.3, -0.25) is 4.79 Å². The highest BCUT2D eigenvalue weighted by molar-refractivity contribution is 6.05. The molecule has 1 N–H and O–H groups in total. The van der Waals surface area contributed by atoms with E-state index in [9.17, 15) is 26.7 Å². The lowest BCUT2D eigenvalue weighted by atomic mass is 10.2. The number of nitrogens with zero attached hydrogens (tertiary/aromatic N) is 2. The van der Waals surface area contributed by atoms with Crippen LogP contribution in [0.15, 0.2) is 24.4 Å². The van der Waals surface area contributed by atoms with Gasteiger partial charge in [0, 0.05) is 12.3 Å². The van der Waals surface area contributed by atoms with Gasteiger partial charge in [-0.2, -0.15) is 18.2 Å². The molecule has 0 bridgehead atoms. The van der Waals surface area contributed by atoms with Crippen LogP contribution in [0.25, 0.3) is 0 Å². The molecule has 0 radical (unpaired) electrons. The van der Waals surface area contributed by atoms with E-state index in [4.69, 9.17) is 0 Å². The average molecular weight is 333 g/mol. The molecule has 0 aliphatic heterocycles. The zero-order chi connectivity index (χ0) is 17.2. The number of halogens is 5. The summed E-state index contributed by atoms with van der Waals surface area (Å²) in [6, 6.07) is 2.40. The fourth-order valence-electron chi connectivity index (χ4n) is 1.59. The van der Waals surface area contributed by atoms with Crippen molar-refractivity contribution in [1.82, 2.24) is 9.97 Å². The van der Waals surface area contributed by atoms with E-state index in [1.54, 1.807) is 0 Å². The molecule has 0 unspecified atom stereocenters. The fourth-order valence-corrected chi connectivity index (χ4v) is 1.59. The van der Waals surface area contributed by atoms with E-state index in [1.165, 1.54) is 0 Å². The first-order valence-corrected chi connectivity index (χ1v) is 5.97. The summed E-state index contributed by atoms with van der Waals surface area (Å²) in [5, 5.41) is 2.06. The first kappa shape index (κ1) is 16.6. The third-order valence-electron chi connectivity index (χ3n) is 2.62. The number of ether oxygens (including phenoxy) is 1. The second-order valence-electron chi connectivity index (χ2n) is 4.19.